The summed E-state index contributed by atoms with van der Waals surface area (Å²) in [7, 11) is 0. The predicted molar refractivity (Wildman–Crippen MR) is 94.2 cm³/mol. The van der Waals surface area contributed by atoms with Gasteiger partial charge in [-0.05, 0) is 43.7 Å². The quantitative estimate of drug-likeness (QED) is 0.809. The third kappa shape index (κ3) is 4.05. The molecule has 2 saturated heterocycles. The van der Waals surface area contributed by atoms with Crippen LogP contribution in [-0.2, 0) is 10.9 Å². The SMILES string of the molecule is FC(F)(F)c1cc(N2CCC(C3CCCO3)CC2)nc(-c2ccncc2)n1. The Morgan fingerprint density at radius 1 is 1.04 bits per heavy atom. The molecule has 27 heavy (non-hydrogen) atoms. The molecule has 0 saturated carbocycles. The van der Waals surface area contributed by atoms with Gasteiger partial charge >= 0.3 is 6.18 Å². The summed E-state index contributed by atoms with van der Waals surface area (Å²) >= 11 is 0. The van der Waals surface area contributed by atoms with E-state index < -0.39 is 11.9 Å². The van der Waals surface area contributed by atoms with Crippen LogP contribution in [0.25, 0.3) is 11.4 Å². The lowest BCUT2D eigenvalue weighted by Gasteiger charge is -2.35. The number of nitrogens with zero attached hydrogens (tertiary/aromatic N) is 4. The summed E-state index contributed by atoms with van der Waals surface area (Å²) in [5, 5.41) is 0. The summed E-state index contributed by atoms with van der Waals surface area (Å²) in [4.78, 5) is 14.0. The highest BCUT2D eigenvalue weighted by Gasteiger charge is 2.35. The van der Waals surface area contributed by atoms with E-state index in [1.54, 1.807) is 12.1 Å². The normalized spacial score (nSPS) is 21.6. The molecular weight excluding hydrogens is 357 g/mol. The Morgan fingerprint density at radius 3 is 2.41 bits per heavy atom. The number of hydrogen-bond donors (Lipinski definition) is 0. The van der Waals surface area contributed by atoms with Crippen LogP contribution in [0.1, 0.15) is 31.4 Å². The summed E-state index contributed by atoms with van der Waals surface area (Å²) < 4.78 is 45.9. The Labute approximate surface area is 155 Å². The van der Waals surface area contributed by atoms with E-state index in [0.29, 0.717) is 36.5 Å². The molecule has 0 spiro atoms. The van der Waals surface area contributed by atoms with Gasteiger partial charge in [-0.2, -0.15) is 13.2 Å². The van der Waals surface area contributed by atoms with Crippen LogP contribution in [0.3, 0.4) is 0 Å². The van der Waals surface area contributed by atoms with Crippen molar-refractivity contribution in [2.45, 2.75) is 38.0 Å². The van der Waals surface area contributed by atoms with E-state index in [1.165, 1.54) is 12.4 Å². The second-order valence-electron chi connectivity index (χ2n) is 7.04. The number of ether oxygens (including phenoxy) is 1. The molecule has 4 heterocycles. The zero-order valence-corrected chi connectivity index (χ0v) is 14.8. The minimum atomic E-state index is -4.52. The van der Waals surface area contributed by atoms with Gasteiger partial charge in [0.25, 0.3) is 0 Å². The van der Waals surface area contributed by atoms with Gasteiger partial charge in [0, 0.05) is 43.7 Å². The van der Waals surface area contributed by atoms with Crippen LogP contribution in [0.15, 0.2) is 30.6 Å². The standard InChI is InChI=1S/C19H21F3N4O/c20-19(21,22)16-12-17(25-18(24-16)14-3-7-23-8-4-14)26-9-5-13(6-10-26)15-2-1-11-27-15/h3-4,7-8,12-13,15H,1-2,5-6,9-11H2. The zero-order valence-electron chi connectivity index (χ0n) is 14.8. The Bertz CT molecular complexity index is 770. The van der Waals surface area contributed by atoms with Crippen molar-refractivity contribution < 1.29 is 17.9 Å². The molecule has 0 aromatic carbocycles. The fourth-order valence-electron chi connectivity index (χ4n) is 3.85. The molecule has 4 rings (SSSR count). The first-order valence-electron chi connectivity index (χ1n) is 9.24. The van der Waals surface area contributed by atoms with Crippen molar-refractivity contribution in [3.05, 3.63) is 36.3 Å². The number of anilines is 1. The van der Waals surface area contributed by atoms with Crippen LogP contribution >= 0.6 is 0 Å². The molecule has 0 N–H and O–H groups in total. The smallest absolute Gasteiger partial charge is 0.378 e. The number of rotatable bonds is 3. The number of hydrogen-bond acceptors (Lipinski definition) is 5. The first kappa shape index (κ1) is 18.2. The molecular formula is C19H21F3N4O. The number of alkyl halides is 3. The molecule has 0 aliphatic carbocycles. The summed E-state index contributed by atoms with van der Waals surface area (Å²) in [6, 6.07) is 4.28. The Kier molecular flexibility index (Phi) is 4.99. The molecule has 1 atom stereocenters. The van der Waals surface area contributed by atoms with Crippen LogP contribution in [0, 0.1) is 5.92 Å². The van der Waals surface area contributed by atoms with Gasteiger partial charge in [0.15, 0.2) is 11.5 Å². The third-order valence-electron chi connectivity index (χ3n) is 5.30. The second kappa shape index (κ2) is 7.42. The van der Waals surface area contributed by atoms with Crippen LogP contribution in [0.4, 0.5) is 19.0 Å². The van der Waals surface area contributed by atoms with Gasteiger partial charge in [0.05, 0.1) is 6.10 Å². The maximum atomic E-state index is 13.4. The molecule has 1 unspecified atom stereocenters. The van der Waals surface area contributed by atoms with E-state index in [0.717, 1.165) is 38.4 Å². The highest BCUT2D eigenvalue weighted by Crippen LogP contribution is 2.34. The highest BCUT2D eigenvalue weighted by molar-refractivity contribution is 5.57. The Balaban J connectivity index is 1.58. The molecule has 2 aromatic heterocycles. The molecule has 5 nitrogen and oxygen atoms in total. The monoisotopic (exact) mass is 378 g/mol. The Morgan fingerprint density at radius 2 is 1.78 bits per heavy atom. The van der Waals surface area contributed by atoms with E-state index in [2.05, 4.69) is 15.0 Å². The molecule has 0 bridgehead atoms. The first-order chi connectivity index (χ1) is 13.0. The van der Waals surface area contributed by atoms with Crippen LogP contribution in [0.5, 0.6) is 0 Å². The van der Waals surface area contributed by atoms with Crippen molar-refractivity contribution >= 4 is 5.82 Å². The van der Waals surface area contributed by atoms with Crippen molar-refractivity contribution in [2.24, 2.45) is 5.92 Å². The van der Waals surface area contributed by atoms with Gasteiger partial charge in [0.1, 0.15) is 5.82 Å². The fraction of sp³-hybridized carbons (Fsp3) is 0.526. The van der Waals surface area contributed by atoms with Crippen molar-refractivity contribution in [3.8, 4) is 11.4 Å². The number of halogens is 3. The maximum absolute atomic E-state index is 13.4. The van der Waals surface area contributed by atoms with Gasteiger partial charge in [0.2, 0.25) is 0 Å². The molecule has 2 aliphatic rings. The lowest BCUT2D eigenvalue weighted by molar-refractivity contribution is -0.141. The molecule has 2 aromatic rings. The van der Waals surface area contributed by atoms with Crippen molar-refractivity contribution in [1.29, 1.82) is 0 Å². The topological polar surface area (TPSA) is 51.1 Å². The van der Waals surface area contributed by atoms with Crippen molar-refractivity contribution in [2.75, 3.05) is 24.6 Å². The molecule has 8 heteroatoms. The van der Waals surface area contributed by atoms with Crippen molar-refractivity contribution in [1.82, 2.24) is 15.0 Å². The predicted octanol–water partition coefficient (Wildman–Crippen LogP) is 3.95. The van der Waals surface area contributed by atoms with Gasteiger partial charge in [-0.1, -0.05) is 0 Å². The number of aromatic nitrogens is 3. The van der Waals surface area contributed by atoms with E-state index in [4.69, 9.17) is 4.74 Å². The number of pyridine rings is 1. The lowest BCUT2D eigenvalue weighted by Crippen LogP contribution is -2.38. The van der Waals surface area contributed by atoms with E-state index >= 15 is 0 Å². The van der Waals surface area contributed by atoms with Gasteiger partial charge in [-0.25, -0.2) is 9.97 Å². The van der Waals surface area contributed by atoms with E-state index in [9.17, 15) is 13.2 Å². The fourth-order valence-corrected chi connectivity index (χ4v) is 3.85. The van der Waals surface area contributed by atoms with Gasteiger partial charge in [-0.15, -0.1) is 0 Å². The minimum absolute atomic E-state index is 0.0727. The molecule has 0 radical (unpaired) electrons. The molecule has 2 fully saturated rings. The largest absolute Gasteiger partial charge is 0.433 e. The highest BCUT2D eigenvalue weighted by atomic mass is 19.4. The average Bonchev–Trinajstić information content (AvgIpc) is 3.23. The molecule has 0 amide bonds. The second-order valence-corrected chi connectivity index (χ2v) is 7.04. The van der Waals surface area contributed by atoms with Gasteiger partial charge in [-0.3, -0.25) is 4.98 Å². The maximum Gasteiger partial charge on any atom is 0.433 e. The van der Waals surface area contributed by atoms with E-state index in [-0.39, 0.29) is 5.82 Å². The summed E-state index contributed by atoms with van der Waals surface area (Å²) in [5.74, 6) is 0.880. The first-order valence-corrected chi connectivity index (χ1v) is 9.24. The minimum Gasteiger partial charge on any atom is -0.378 e. The average molecular weight is 378 g/mol. The van der Waals surface area contributed by atoms with Gasteiger partial charge < -0.3 is 9.64 Å². The zero-order chi connectivity index (χ0) is 18.9. The van der Waals surface area contributed by atoms with E-state index in [1.807, 2.05) is 4.90 Å². The summed E-state index contributed by atoms with van der Waals surface area (Å²) in [6.45, 7) is 2.17. The molecule has 144 valence electrons. The van der Waals surface area contributed by atoms with Crippen LogP contribution < -0.4 is 4.90 Å². The van der Waals surface area contributed by atoms with Crippen LogP contribution in [0.2, 0.25) is 0 Å². The number of piperidine rings is 1. The van der Waals surface area contributed by atoms with Crippen LogP contribution in [-0.4, -0.2) is 40.8 Å². The Hall–Kier alpha value is -2.22. The molecule has 2 aliphatic heterocycles. The third-order valence-corrected chi connectivity index (χ3v) is 5.30. The summed E-state index contributed by atoms with van der Waals surface area (Å²) in [6.07, 6.45) is 2.81. The summed E-state index contributed by atoms with van der Waals surface area (Å²) in [5.41, 5.74) is -0.396. The lowest BCUT2D eigenvalue weighted by atomic mass is 9.90. The van der Waals surface area contributed by atoms with Crippen molar-refractivity contribution in [3.63, 3.8) is 0 Å².